The molecule has 0 radical (unpaired) electrons. The number of nitrogens with zero attached hydrogens (tertiary/aromatic N) is 4. The van der Waals surface area contributed by atoms with Crippen LogP contribution in [0, 0.1) is 0 Å². The summed E-state index contributed by atoms with van der Waals surface area (Å²) in [6, 6.07) is 5.16. The standard InChI is InChI=1S/C23H29N7O3/c1-24-20-12-19(27-16-8-5-11-29(23(16)33)17-9-10-18(17)31)28-21-15(13-25-30(20)21)22(32)26-14-6-3-2-4-7-14/h5,8,11-14,17-18,24,31H,2-4,6-7,9-10H2,1H3,(H,26,32)(H,27,28). The molecule has 0 saturated heterocycles. The molecule has 5 rings (SSSR count). The summed E-state index contributed by atoms with van der Waals surface area (Å²) < 4.78 is 3.14. The third kappa shape index (κ3) is 4.06. The van der Waals surface area contributed by atoms with Gasteiger partial charge in [-0.25, -0.2) is 4.98 Å². The van der Waals surface area contributed by atoms with Crippen molar-refractivity contribution in [1.82, 2.24) is 24.5 Å². The van der Waals surface area contributed by atoms with Gasteiger partial charge in [-0.2, -0.15) is 9.61 Å². The molecule has 3 aromatic rings. The Bertz CT molecular complexity index is 1230. The third-order valence-electron chi connectivity index (χ3n) is 6.71. The largest absolute Gasteiger partial charge is 0.391 e. The molecule has 174 valence electrons. The number of hydrogen-bond acceptors (Lipinski definition) is 7. The van der Waals surface area contributed by atoms with E-state index in [1.54, 1.807) is 40.5 Å². The Morgan fingerprint density at radius 1 is 1.18 bits per heavy atom. The van der Waals surface area contributed by atoms with Gasteiger partial charge in [0.15, 0.2) is 5.65 Å². The molecule has 3 aromatic heterocycles. The number of nitrogens with one attached hydrogen (secondary N) is 3. The van der Waals surface area contributed by atoms with E-state index >= 15 is 0 Å². The first kappa shape index (κ1) is 21.4. The smallest absolute Gasteiger partial charge is 0.274 e. The van der Waals surface area contributed by atoms with Crippen LogP contribution in [-0.2, 0) is 0 Å². The van der Waals surface area contributed by atoms with E-state index in [-0.39, 0.29) is 23.6 Å². The molecule has 2 aliphatic rings. The van der Waals surface area contributed by atoms with Gasteiger partial charge in [0, 0.05) is 25.4 Å². The van der Waals surface area contributed by atoms with Gasteiger partial charge in [-0.1, -0.05) is 19.3 Å². The fourth-order valence-electron chi connectivity index (χ4n) is 4.67. The highest BCUT2D eigenvalue weighted by atomic mass is 16.3. The van der Waals surface area contributed by atoms with Gasteiger partial charge in [0.25, 0.3) is 11.5 Å². The molecular formula is C23H29N7O3. The normalized spacial score (nSPS) is 20.9. The maximum Gasteiger partial charge on any atom is 0.274 e. The highest BCUT2D eigenvalue weighted by molar-refractivity contribution is 6.00. The van der Waals surface area contributed by atoms with E-state index in [2.05, 4.69) is 26.0 Å². The zero-order valence-corrected chi connectivity index (χ0v) is 18.6. The lowest BCUT2D eigenvalue weighted by Crippen LogP contribution is -2.39. The second kappa shape index (κ2) is 8.86. The van der Waals surface area contributed by atoms with Gasteiger partial charge in [0.2, 0.25) is 0 Å². The van der Waals surface area contributed by atoms with Gasteiger partial charge in [-0.3, -0.25) is 9.59 Å². The first-order valence-electron chi connectivity index (χ1n) is 11.6. The lowest BCUT2D eigenvalue weighted by atomic mass is 9.89. The number of carbonyl (C=O) groups is 1. The summed E-state index contributed by atoms with van der Waals surface area (Å²) in [5.41, 5.74) is 0.924. The van der Waals surface area contributed by atoms with E-state index in [0.717, 1.165) is 32.1 Å². The van der Waals surface area contributed by atoms with E-state index in [0.29, 0.717) is 35.0 Å². The minimum absolute atomic E-state index is 0.177. The highest BCUT2D eigenvalue weighted by Gasteiger charge is 2.31. The van der Waals surface area contributed by atoms with E-state index in [1.165, 1.54) is 12.6 Å². The van der Waals surface area contributed by atoms with Crippen LogP contribution >= 0.6 is 0 Å². The van der Waals surface area contributed by atoms with E-state index < -0.39 is 6.10 Å². The van der Waals surface area contributed by atoms with Crippen molar-refractivity contribution >= 4 is 28.9 Å². The van der Waals surface area contributed by atoms with Crippen LogP contribution in [0.1, 0.15) is 61.3 Å². The number of aromatic nitrogens is 4. The molecule has 0 aromatic carbocycles. The molecule has 10 nitrogen and oxygen atoms in total. The summed E-state index contributed by atoms with van der Waals surface area (Å²) in [4.78, 5) is 30.6. The number of hydrogen-bond donors (Lipinski definition) is 4. The first-order valence-corrected chi connectivity index (χ1v) is 11.6. The fraction of sp³-hybridized carbons (Fsp3) is 0.478. The molecule has 2 atom stereocenters. The first-order chi connectivity index (χ1) is 16.0. The summed E-state index contributed by atoms with van der Waals surface area (Å²) in [6.45, 7) is 0. The second-order valence-electron chi connectivity index (χ2n) is 8.85. The van der Waals surface area contributed by atoms with Crippen LogP contribution in [-0.4, -0.2) is 49.4 Å². The van der Waals surface area contributed by atoms with Crippen molar-refractivity contribution < 1.29 is 9.90 Å². The summed E-state index contributed by atoms with van der Waals surface area (Å²) in [7, 11) is 1.76. The Labute approximate surface area is 191 Å². The van der Waals surface area contributed by atoms with Crippen molar-refractivity contribution in [3.05, 3.63) is 46.5 Å². The van der Waals surface area contributed by atoms with Crippen LogP contribution in [0.4, 0.5) is 17.3 Å². The monoisotopic (exact) mass is 451 g/mol. The number of aliphatic hydroxyl groups is 1. The van der Waals surface area contributed by atoms with Gasteiger partial charge in [-0.05, 0) is 37.8 Å². The summed E-state index contributed by atoms with van der Waals surface area (Å²) in [6.07, 6.45) is 9.64. The lowest BCUT2D eigenvalue weighted by molar-refractivity contribution is 0.0300. The molecule has 1 amide bonds. The maximum absolute atomic E-state index is 13.0. The zero-order chi connectivity index (χ0) is 22.9. The van der Waals surface area contributed by atoms with Gasteiger partial charge in [-0.15, -0.1) is 0 Å². The van der Waals surface area contributed by atoms with Crippen LogP contribution in [0.3, 0.4) is 0 Å². The number of amides is 1. The number of pyridine rings is 1. The van der Waals surface area contributed by atoms with E-state index in [1.807, 2.05) is 0 Å². The Balaban J connectivity index is 1.46. The van der Waals surface area contributed by atoms with E-state index in [4.69, 9.17) is 0 Å². The van der Waals surface area contributed by atoms with Crippen molar-refractivity contribution in [1.29, 1.82) is 0 Å². The zero-order valence-electron chi connectivity index (χ0n) is 18.6. The molecule has 10 heteroatoms. The third-order valence-corrected chi connectivity index (χ3v) is 6.71. The number of aliphatic hydroxyl groups excluding tert-OH is 1. The number of carbonyl (C=O) groups excluding carboxylic acids is 1. The molecule has 2 aliphatic carbocycles. The van der Waals surface area contributed by atoms with E-state index in [9.17, 15) is 14.7 Å². The molecule has 0 spiro atoms. The number of rotatable bonds is 6. The van der Waals surface area contributed by atoms with Crippen LogP contribution in [0.25, 0.3) is 5.65 Å². The minimum Gasteiger partial charge on any atom is -0.391 e. The van der Waals surface area contributed by atoms with Gasteiger partial charge in [0.05, 0.1) is 18.3 Å². The quantitative estimate of drug-likeness (QED) is 0.453. The van der Waals surface area contributed by atoms with Crippen molar-refractivity contribution in [2.75, 3.05) is 17.7 Å². The summed E-state index contributed by atoms with van der Waals surface area (Å²) in [5.74, 6) is 0.859. The highest BCUT2D eigenvalue weighted by Crippen LogP contribution is 2.31. The number of fused-ring (bicyclic) bond motifs is 1. The predicted octanol–water partition coefficient (Wildman–Crippen LogP) is 2.43. The molecule has 0 bridgehead atoms. The Hall–Kier alpha value is -3.40. The Morgan fingerprint density at radius 2 is 2.00 bits per heavy atom. The molecule has 33 heavy (non-hydrogen) atoms. The van der Waals surface area contributed by atoms with Gasteiger partial charge in [0.1, 0.15) is 22.9 Å². The molecule has 2 unspecified atom stereocenters. The van der Waals surface area contributed by atoms with Crippen molar-refractivity contribution in [3.63, 3.8) is 0 Å². The van der Waals surface area contributed by atoms with Crippen LogP contribution in [0.5, 0.6) is 0 Å². The molecule has 0 aliphatic heterocycles. The van der Waals surface area contributed by atoms with Gasteiger partial charge < -0.3 is 25.6 Å². The average molecular weight is 452 g/mol. The van der Waals surface area contributed by atoms with Crippen LogP contribution in [0.15, 0.2) is 35.4 Å². The fourth-order valence-corrected chi connectivity index (χ4v) is 4.67. The van der Waals surface area contributed by atoms with Crippen LogP contribution < -0.4 is 21.5 Å². The minimum atomic E-state index is -0.500. The van der Waals surface area contributed by atoms with Crippen molar-refractivity contribution in [2.24, 2.45) is 0 Å². The second-order valence-corrected chi connectivity index (χ2v) is 8.85. The number of anilines is 3. The molecule has 2 saturated carbocycles. The molecule has 4 N–H and O–H groups in total. The van der Waals surface area contributed by atoms with Crippen LogP contribution in [0.2, 0.25) is 0 Å². The van der Waals surface area contributed by atoms with Crippen molar-refractivity contribution in [2.45, 2.75) is 63.1 Å². The topological polar surface area (TPSA) is 126 Å². The molecule has 2 fully saturated rings. The van der Waals surface area contributed by atoms with Gasteiger partial charge >= 0.3 is 0 Å². The summed E-state index contributed by atoms with van der Waals surface area (Å²) >= 11 is 0. The molecular weight excluding hydrogens is 422 g/mol. The summed E-state index contributed by atoms with van der Waals surface area (Å²) in [5, 5.41) is 23.6. The Morgan fingerprint density at radius 3 is 2.70 bits per heavy atom. The van der Waals surface area contributed by atoms with Crippen molar-refractivity contribution in [3.8, 4) is 0 Å². The maximum atomic E-state index is 13.0. The molecule has 3 heterocycles. The average Bonchev–Trinajstić information content (AvgIpc) is 3.25. The predicted molar refractivity (Wildman–Crippen MR) is 125 cm³/mol. The SMILES string of the molecule is CNc1cc(Nc2cccn(C3CCC3O)c2=O)nc2c(C(=O)NC3CCCCC3)cnn12. The lowest BCUT2D eigenvalue weighted by Gasteiger charge is -2.34. The Kier molecular flexibility index (Phi) is 5.76.